The van der Waals surface area contributed by atoms with Gasteiger partial charge in [-0.1, -0.05) is 54.4 Å². The van der Waals surface area contributed by atoms with E-state index < -0.39 is 29.5 Å². The predicted molar refractivity (Wildman–Crippen MR) is 111 cm³/mol. The molecule has 0 atom stereocenters. The Morgan fingerprint density at radius 1 is 1.29 bits per heavy atom. The van der Waals surface area contributed by atoms with Crippen LogP contribution in [-0.2, 0) is 7.05 Å². The van der Waals surface area contributed by atoms with Crippen LogP contribution < -0.4 is 0 Å². The summed E-state index contributed by atoms with van der Waals surface area (Å²) in [6.45, 7) is 4.14. The molecule has 3 rings (SSSR count). The van der Waals surface area contributed by atoms with Crippen LogP contribution in [0.1, 0.15) is 40.9 Å². The summed E-state index contributed by atoms with van der Waals surface area (Å²) in [5, 5.41) is 3.47. The lowest BCUT2D eigenvalue weighted by Gasteiger charge is -2.24. The standard InChI is InChI=1S/C18H15Br3F3N3O/c1-8(13-11(20)5-9(19)6-12(13)21)7-27(10-3-4-10)18(28)14-15(16(22)23)25-26(2)17(14)24/h5-6,10,16H,1,3-4,7H2,2H3. The molecule has 1 fully saturated rings. The number of benzene rings is 1. The van der Waals surface area contributed by atoms with Gasteiger partial charge in [0.05, 0.1) is 0 Å². The number of aromatic nitrogens is 2. The third-order valence-corrected chi connectivity index (χ3v) is 6.10. The zero-order valence-electron chi connectivity index (χ0n) is 14.7. The molecule has 0 N–H and O–H groups in total. The maximum atomic E-state index is 14.4. The highest BCUT2D eigenvalue weighted by Crippen LogP contribution is 2.37. The van der Waals surface area contributed by atoms with Crippen LogP contribution in [0.2, 0.25) is 0 Å². The maximum absolute atomic E-state index is 14.4. The highest BCUT2D eigenvalue weighted by Gasteiger charge is 2.38. The molecule has 0 bridgehead atoms. The van der Waals surface area contributed by atoms with Crippen LogP contribution in [0, 0.1) is 5.95 Å². The number of aryl methyl sites for hydroxylation is 1. The average Bonchev–Trinajstić information content (AvgIpc) is 3.37. The molecule has 0 saturated heterocycles. The first-order valence-corrected chi connectivity index (χ1v) is 10.6. The Hall–Kier alpha value is -1.13. The molecule has 1 aliphatic rings. The van der Waals surface area contributed by atoms with Gasteiger partial charge in [-0.3, -0.25) is 4.79 Å². The van der Waals surface area contributed by atoms with Gasteiger partial charge in [-0.2, -0.15) is 9.49 Å². The van der Waals surface area contributed by atoms with Crippen molar-refractivity contribution < 1.29 is 18.0 Å². The summed E-state index contributed by atoms with van der Waals surface area (Å²) in [5.74, 6) is -1.86. The number of nitrogens with zero attached hydrogens (tertiary/aromatic N) is 3. The normalized spacial score (nSPS) is 13.9. The Labute approximate surface area is 185 Å². The van der Waals surface area contributed by atoms with Crippen LogP contribution in [0.15, 0.2) is 32.1 Å². The van der Waals surface area contributed by atoms with E-state index in [9.17, 15) is 18.0 Å². The largest absolute Gasteiger partial charge is 0.331 e. The van der Waals surface area contributed by atoms with Gasteiger partial charge in [0.2, 0.25) is 5.95 Å². The minimum atomic E-state index is -3.05. The number of amides is 1. The van der Waals surface area contributed by atoms with E-state index in [0.29, 0.717) is 10.3 Å². The Morgan fingerprint density at radius 3 is 2.36 bits per heavy atom. The summed E-state index contributed by atoms with van der Waals surface area (Å²) in [6.07, 6.45) is -1.59. The Bertz CT molecular complexity index is 934. The fourth-order valence-electron chi connectivity index (χ4n) is 2.93. The molecule has 0 unspecified atom stereocenters. The molecular weight excluding hydrogens is 571 g/mol. The van der Waals surface area contributed by atoms with Crippen molar-refractivity contribution in [1.29, 1.82) is 0 Å². The van der Waals surface area contributed by atoms with Crippen LogP contribution in [0.25, 0.3) is 5.57 Å². The van der Waals surface area contributed by atoms with Gasteiger partial charge in [-0.25, -0.2) is 13.5 Å². The molecule has 1 aromatic carbocycles. The van der Waals surface area contributed by atoms with Crippen LogP contribution >= 0.6 is 47.8 Å². The van der Waals surface area contributed by atoms with Gasteiger partial charge in [0.25, 0.3) is 12.3 Å². The summed E-state index contributed by atoms with van der Waals surface area (Å²) < 4.78 is 44.0. The van der Waals surface area contributed by atoms with Crippen molar-refractivity contribution in [2.45, 2.75) is 25.3 Å². The molecule has 1 amide bonds. The van der Waals surface area contributed by atoms with Crippen molar-refractivity contribution in [2.75, 3.05) is 6.54 Å². The van der Waals surface area contributed by atoms with Crippen molar-refractivity contribution in [1.82, 2.24) is 14.7 Å². The monoisotopic (exact) mass is 583 g/mol. The van der Waals surface area contributed by atoms with E-state index in [0.717, 1.165) is 31.8 Å². The first kappa shape index (κ1) is 21.6. The number of rotatable bonds is 6. The summed E-state index contributed by atoms with van der Waals surface area (Å²) in [5.41, 5.74) is -0.171. The molecule has 1 saturated carbocycles. The van der Waals surface area contributed by atoms with Gasteiger partial charge in [0, 0.05) is 38.6 Å². The van der Waals surface area contributed by atoms with Gasteiger partial charge in [0.15, 0.2) is 0 Å². The lowest BCUT2D eigenvalue weighted by molar-refractivity contribution is 0.0747. The highest BCUT2D eigenvalue weighted by atomic mass is 79.9. The van der Waals surface area contributed by atoms with Gasteiger partial charge in [0.1, 0.15) is 11.3 Å². The average molecular weight is 586 g/mol. The summed E-state index contributed by atoms with van der Waals surface area (Å²) in [7, 11) is 1.19. The molecule has 1 aromatic heterocycles. The summed E-state index contributed by atoms with van der Waals surface area (Å²) in [6, 6.07) is 3.54. The first-order chi connectivity index (χ1) is 13.1. The molecular formula is C18H15Br3F3N3O. The van der Waals surface area contributed by atoms with Crippen LogP contribution in [0.5, 0.6) is 0 Å². The van der Waals surface area contributed by atoms with E-state index in [1.165, 1.54) is 11.9 Å². The molecule has 0 radical (unpaired) electrons. The van der Waals surface area contributed by atoms with Gasteiger partial charge >= 0.3 is 0 Å². The van der Waals surface area contributed by atoms with Crippen molar-refractivity contribution in [3.63, 3.8) is 0 Å². The van der Waals surface area contributed by atoms with Crippen LogP contribution in [0.3, 0.4) is 0 Å². The number of hydrogen-bond donors (Lipinski definition) is 0. The van der Waals surface area contributed by atoms with Crippen LogP contribution in [0.4, 0.5) is 13.2 Å². The quantitative estimate of drug-likeness (QED) is 0.411. The second kappa shape index (κ2) is 8.31. The van der Waals surface area contributed by atoms with Crippen molar-refractivity contribution in [2.24, 2.45) is 7.05 Å². The molecule has 0 spiro atoms. The minimum Gasteiger partial charge on any atom is -0.331 e. The fraction of sp³-hybridized carbons (Fsp3) is 0.333. The predicted octanol–water partition coefficient (Wildman–Crippen LogP) is 6.10. The second-order valence-corrected chi connectivity index (χ2v) is 9.11. The SMILES string of the molecule is C=C(CN(C(=O)c1c(C(F)F)nn(C)c1F)C1CC1)c1c(Br)cc(Br)cc1Br. The van der Waals surface area contributed by atoms with Crippen molar-refractivity contribution in [3.05, 3.63) is 54.9 Å². The Morgan fingerprint density at radius 2 is 1.86 bits per heavy atom. The summed E-state index contributed by atoms with van der Waals surface area (Å²) in [4.78, 5) is 14.4. The molecule has 4 nitrogen and oxygen atoms in total. The van der Waals surface area contributed by atoms with Gasteiger partial charge < -0.3 is 4.90 Å². The van der Waals surface area contributed by atoms with Crippen LogP contribution in [-0.4, -0.2) is 33.2 Å². The lowest BCUT2D eigenvalue weighted by Crippen LogP contribution is -2.35. The van der Waals surface area contributed by atoms with E-state index in [4.69, 9.17) is 0 Å². The van der Waals surface area contributed by atoms with E-state index in [-0.39, 0.29) is 12.6 Å². The van der Waals surface area contributed by atoms with E-state index in [1.807, 2.05) is 12.1 Å². The molecule has 1 heterocycles. The molecule has 1 aliphatic carbocycles. The number of halogens is 6. The fourth-order valence-corrected chi connectivity index (χ4v) is 5.75. The number of carbonyl (C=O) groups excluding carboxylic acids is 1. The van der Waals surface area contributed by atoms with Gasteiger partial charge in [-0.15, -0.1) is 0 Å². The summed E-state index contributed by atoms with van der Waals surface area (Å²) >= 11 is 10.3. The minimum absolute atomic E-state index is 0.0827. The first-order valence-electron chi connectivity index (χ1n) is 8.26. The van der Waals surface area contributed by atoms with Crippen molar-refractivity contribution >= 4 is 59.3 Å². The topological polar surface area (TPSA) is 38.1 Å². The zero-order chi connectivity index (χ0) is 20.7. The molecule has 10 heteroatoms. The van der Waals surface area contributed by atoms with E-state index in [2.05, 4.69) is 59.5 Å². The third kappa shape index (κ3) is 4.23. The van der Waals surface area contributed by atoms with E-state index in [1.54, 1.807) is 0 Å². The molecule has 28 heavy (non-hydrogen) atoms. The third-order valence-electron chi connectivity index (χ3n) is 4.39. The number of carbonyl (C=O) groups is 1. The maximum Gasteiger partial charge on any atom is 0.283 e. The van der Waals surface area contributed by atoms with Gasteiger partial charge in [-0.05, 0) is 30.5 Å². The molecule has 150 valence electrons. The number of alkyl halides is 2. The van der Waals surface area contributed by atoms with E-state index >= 15 is 0 Å². The Balaban J connectivity index is 1.94. The smallest absolute Gasteiger partial charge is 0.283 e. The second-order valence-electron chi connectivity index (χ2n) is 6.49. The van der Waals surface area contributed by atoms with Crippen molar-refractivity contribution in [3.8, 4) is 0 Å². The Kier molecular flexibility index (Phi) is 6.41. The number of hydrogen-bond acceptors (Lipinski definition) is 2. The molecule has 2 aromatic rings. The zero-order valence-corrected chi connectivity index (χ0v) is 19.4. The highest BCUT2D eigenvalue weighted by molar-refractivity contribution is 9.11. The molecule has 0 aliphatic heterocycles. The lowest BCUT2D eigenvalue weighted by atomic mass is 10.1.